The van der Waals surface area contributed by atoms with Gasteiger partial charge in [-0.2, -0.15) is 5.10 Å². The van der Waals surface area contributed by atoms with Crippen molar-refractivity contribution < 1.29 is 0 Å². The molecule has 0 bridgehead atoms. The normalized spacial score (nSPS) is 10.4. The van der Waals surface area contributed by atoms with Gasteiger partial charge in [0.25, 0.3) is 0 Å². The van der Waals surface area contributed by atoms with Crippen LogP contribution < -0.4 is 5.73 Å². The summed E-state index contributed by atoms with van der Waals surface area (Å²) in [4.78, 5) is 4.22. The van der Waals surface area contributed by atoms with Crippen LogP contribution in [0.4, 0.5) is 5.82 Å². The SMILES string of the molecule is Cc1cc(N)nn1Cc1ccccn1. The van der Waals surface area contributed by atoms with Crippen LogP contribution in [0, 0.1) is 6.92 Å². The summed E-state index contributed by atoms with van der Waals surface area (Å²) in [5, 5.41) is 4.16. The van der Waals surface area contributed by atoms with Gasteiger partial charge in [-0.3, -0.25) is 9.67 Å². The third-order valence-electron chi connectivity index (χ3n) is 2.04. The van der Waals surface area contributed by atoms with Crippen LogP contribution in [0.5, 0.6) is 0 Å². The molecule has 2 N–H and O–H groups in total. The first-order valence-corrected chi connectivity index (χ1v) is 4.45. The number of nitrogen functional groups attached to an aromatic ring is 1. The minimum atomic E-state index is 0.554. The van der Waals surface area contributed by atoms with Crippen molar-refractivity contribution in [1.29, 1.82) is 0 Å². The molecule has 4 nitrogen and oxygen atoms in total. The third kappa shape index (κ3) is 1.74. The number of aryl methyl sites for hydroxylation is 1. The highest BCUT2D eigenvalue weighted by atomic mass is 15.3. The summed E-state index contributed by atoms with van der Waals surface area (Å²) < 4.78 is 1.84. The molecule has 0 radical (unpaired) electrons. The first-order chi connectivity index (χ1) is 6.75. The molecule has 0 aliphatic rings. The average Bonchev–Trinajstić information content (AvgIpc) is 2.47. The van der Waals surface area contributed by atoms with E-state index < -0.39 is 0 Å². The topological polar surface area (TPSA) is 56.7 Å². The summed E-state index contributed by atoms with van der Waals surface area (Å²) in [5.74, 6) is 0.554. The van der Waals surface area contributed by atoms with Crippen molar-refractivity contribution in [2.24, 2.45) is 0 Å². The number of anilines is 1. The summed E-state index contributed by atoms with van der Waals surface area (Å²) in [6.45, 7) is 2.65. The van der Waals surface area contributed by atoms with E-state index in [0.717, 1.165) is 11.4 Å². The standard InChI is InChI=1S/C10H12N4/c1-8-6-10(11)13-14(8)7-9-4-2-3-5-12-9/h2-6H,7H2,1H3,(H2,11,13). The van der Waals surface area contributed by atoms with Crippen molar-refractivity contribution in [2.45, 2.75) is 13.5 Å². The van der Waals surface area contributed by atoms with Gasteiger partial charge in [0.05, 0.1) is 12.2 Å². The molecule has 0 fully saturated rings. The maximum absolute atomic E-state index is 5.58. The van der Waals surface area contributed by atoms with Crippen LogP contribution >= 0.6 is 0 Å². The first kappa shape index (κ1) is 8.74. The number of nitrogens with two attached hydrogens (primary N) is 1. The Hall–Kier alpha value is -1.84. The number of rotatable bonds is 2. The minimum Gasteiger partial charge on any atom is -0.382 e. The first-order valence-electron chi connectivity index (χ1n) is 4.45. The lowest BCUT2D eigenvalue weighted by molar-refractivity contribution is 0.655. The Bertz CT molecular complexity index is 419. The minimum absolute atomic E-state index is 0.554. The number of hydrogen-bond acceptors (Lipinski definition) is 3. The molecule has 2 aromatic heterocycles. The van der Waals surface area contributed by atoms with Crippen LogP contribution in [0.2, 0.25) is 0 Å². The summed E-state index contributed by atoms with van der Waals surface area (Å²) in [6, 6.07) is 7.68. The van der Waals surface area contributed by atoms with Crippen LogP contribution in [0.25, 0.3) is 0 Å². The van der Waals surface area contributed by atoms with Gasteiger partial charge in [-0.1, -0.05) is 6.07 Å². The second-order valence-corrected chi connectivity index (χ2v) is 3.19. The molecule has 0 atom stereocenters. The summed E-state index contributed by atoms with van der Waals surface area (Å²) in [7, 11) is 0. The predicted molar refractivity (Wildman–Crippen MR) is 54.7 cm³/mol. The fourth-order valence-corrected chi connectivity index (χ4v) is 1.34. The highest BCUT2D eigenvalue weighted by Gasteiger charge is 2.01. The van der Waals surface area contributed by atoms with Crippen LogP contribution in [0.3, 0.4) is 0 Å². The molecule has 0 saturated heterocycles. The molecule has 2 heterocycles. The van der Waals surface area contributed by atoms with Gasteiger partial charge in [0.2, 0.25) is 0 Å². The van der Waals surface area contributed by atoms with Gasteiger partial charge in [-0.05, 0) is 19.1 Å². The fraction of sp³-hybridized carbons (Fsp3) is 0.200. The molecule has 0 spiro atoms. The fourth-order valence-electron chi connectivity index (χ4n) is 1.34. The van der Waals surface area contributed by atoms with Crippen molar-refractivity contribution in [3.8, 4) is 0 Å². The third-order valence-corrected chi connectivity index (χ3v) is 2.04. The summed E-state index contributed by atoms with van der Waals surface area (Å²) in [6.07, 6.45) is 1.78. The molecule has 4 heteroatoms. The Morgan fingerprint density at radius 1 is 1.43 bits per heavy atom. The molecule has 2 aromatic rings. The lowest BCUT2D eigenvalue weighted by Gasteiger charge is -2.02. The Labute approximate surface area is 82.4 Å². The van der Waals surface area contributed by atoms with E-state index in [1.54, 1.807) is 6.20 Å². The highest BCUT2D eigenvalue weighted by molar-refractivity contribution is 5.29. The Morgan fingerprint density at radius 3 is 2.86 bits per heavy atom. The van der Waals surface area contributed by atoms with Crippen LogP contribution in [-0.2, 0) is 6.54 Å². The van der Waals surface area contributed by atoms with E-state index in [-0.39, 0.29) is 0 Å². The number of aromatic nitrogens is 3. The Kier molecular flexibility index (Phi) is 2.18. The summed E-state index contributed by atoms with van der Waals surface area (Å²) >= 11 is 0. The van der Waals surface area contributed by atoms with Crippen molar-refractivity contribution in [2.75, 3.05) is 5.73 Å². The molecule has 0 unspecified atom stereocenters. The molecule has 0 aromatic carbocycles. The maximum Gasteiger partial charge on any atom is 0.145 e. The average molecular weight is 188 g/mol. The molecule has 0 aliphatic heterocycles. The highest BCUT2D eigenvalue weighted by Crippen LogP contribution is 2.06. The van der Waals surface area contributed by atoms with Crippen molar-refractivity contribution in [3.63, 3.8) is 0 Å². The van der Waals surface area contributed by atoms with Gasteiger partial charge in [-0.25, -0.2) is 0 Å². The van der Waals surface area contributed by atoms with Crippen molar-refractivity contribution in [3.05, 3.63) is 41.9 Å². The van der Waals surface area contributed by atoms with E-state index in [9.17, 15) is 0 Å². The van der Waals surface area contributed by atoms with Gasteiger partial charge < -0.3 is 5.73 Å². The Balaban J connectivity index is 2.23. The quantitative estimate of drug-likeness (QED) is 0.770. The van der Waals surface area contributed by atoms with Crippen molar-refractivity contribution in [1.82, 2.24) is 14.8 Å². The second-order valence-electron chi connectivity index (χ2n) is 3.19. The molecule has 72 valence electrons. The van der Waals surface area contributed by atoms with E-state index in [1.165, 1.54) is 0 Å². The second kappa shape index (κ2) is 3.49. The van der Waals surface area contributed by atoms with Gasteiger partial charge in [0, 0.05) is 18.0 Å². The van der Waals surface area contributed by atoms with Crippen LogP contribution in [0.1, 0.15) is 11.4 Å². The van der Waals surface area contributed by atoms with Crippen molar-refractivity contribution >= 4 is 5.82 Å². The lowest BCUT2D eigenvalue weighted by atomic mass is 10.3. The zero-order chi connectivity index (χ0) is 9.97. The molecular formula is C10H12N4. The molecule has 0 saturated carbocycles. The largest absolute Gasteiger partial charge is 0.382 e. The van der Waals surface area contributed by atoms with Gasteiger partial charge in [0.1, 0.15) is 5.82 Å². The van der Waals surface area contributed by atoms with E-state index >= 15 is 0 Å². The molecule has 2 rings (SSSR count). The maximum atomic E-state index is 5.58. The number of hydrogen-bond donors (Lipinski definition) is 1. The molecule has 0 amide bonds. The molecule has 0 aliphatic carbocycles. The van der Waals surface area contributed by atoms with E-state index in [1.807, 2.05) is 35.9 Å². The monoisotopic (exact) mass is 188 g/mol. The number of nitrogens with zero attached hydrogens (tertiary/aromatic N) is 3. The van der Waals surface area contributed by atoms with Crippen LogP contribution in [0.15, 0.2) is 30.5 Å². The van der Waals surface area contributed by atoms with Gasteiger partial charge in [0.15, 0.2) is 0 Å². The van der Waals surface area contributed by atoms with E-state index in [0.29, 0.717) is 12.4 Å². The van der Waals surface area contributed by atoms with Crippen LogP contribution in [-0.4, -0.2) is 14.8 Å². The number of pyridine rings is 1. The van der Waals surface area contributed by atoms with E-state index in [4.69, 9.17) is 5.73 Å². The van der Waals surface area contributed by atoms with E-state index in [2.05, 4.69) is 10.1 Å². The molecular weight excluding hydrogens is 176 g/mol. The zero-order valence-electron chi connectivity index (χ0n) is 8.01. The smallest absolute Gasteiger partial charge is 0.145 e. The Morgan fingerprint density at radius 2 is 2.29 bits per heavy atom. The lowest BCUT2D eigenvalue weighted by Crippen LogP contribution is -2.05. The zero-order valence-corrected chi connectivity index (χ0v) is 8.01. The van der Waals surface area contributed by atoms with Gasteiger partial charge >= 0.3 is 0 Å². The van der Waals surface area contributed by atoms with Gasteiger partial charge in [-0.15, -0.1) is 0 Å². The predicted octanol–water partition coefficient (Wildman–Crippen LogP) is 1.22. The summed E-state index contributed by atoms with van der Waals surface area (Å²) in [5.41, 5.74) is 7.61. The molecule has 14 heavy (non-hydrogen) atoms.